The molecule has 3 aromatic carbocycles. The Kier molecular flexibility index (Phi) is 12.0. The number of piperazine rings is 1. The van der Waals surface area contributed by atoms with Crippen molar-refractivity contribution >= 4 is 63.5 Å². The van der Waals surface area contributed by atoms with E-state index in [1.807, 2.05) is 36.4 Å². The van der Waals surface area contributed by atoms with Gasteiger partial charge in [-0.1, -0.05) is 49.2 Å². The number of halogens is 4. The SMILES string of the molecule is CC(O)c1ccc(SNC(=O)c2ccc(N3CCN(CC4=C(c5ccc(Cl)cc5)CC(C)(C)CC4)CC3)cc2Oc2cnc3[nH]ccc3c2)cc1SC(F)(F)F. The maximum Gasteiger partial charge on any atom is 0.446 e. The summed E-state index contributed by atoms with van der Waals surface area (Å²) in [6.07, 6.45) is 5.53. The molecule has 0 bridgehead atoms. The average Bonchev–Trinajstić information content (AvgIpc) is 3.63. The number of aliphatic hydroxyl groups excluding tert-OH is 1. The Bertz CT molecular complexity index is 2240. The summed E-state index contributed by atoms with van der Waals surface area (Å²) in [5.74, 6) is 0.283. The van der Waals surface area contributed by atoms with Crippen LogP contribution in [0.5, 0.6) is 11.5 Å². The lowest BCUT2D eigenvalue weighted by Gasteiger charge is -2.39. The highest BCUT2D eigenvalue weighted by Gasteiger charge is 2.32. The van der Waals surface area contributed by atoms with Crippen molar-refractivity contribution in [2.45, 2.75) is 61.4 Å². The van der Waals surface area contributed by atoms with E-state index in [1.165, 1.54) is 35.8 Å². The number of carbonyl (C=O) groups excluding carboxylic acids is 1. The minimum absolute atomic E-state index is 0.130. The third-order valence-electron chi connectivity index (χ3n) is 10.3. The van der Waals surface area contributed by atoms with Gasteiger partial charge < -0.3 is 19.7 Å². The van der Waals surface area contributed by atoms with Gasteiger partial charge in [-0.25, -0.2) is 4.98 Å². The maximum absolute atomic E-state index is 13.7. The molecule has 2 aliphatic rings. The minimum atomic E-state index is -4.54. The molecule has 1 aliphatic carbocycles. The molecule has 0 radical (unpaired) electrons. The summed E-state index contributed by atoms with van der Waals surface area (Å²) in [7, 11) is 0. The molecule has 1 unspecified atom stereocenters. The Hall–Kier alpha value is -4.14. The molecular weight excluding hydrogens is 779 g/mol. The molecule has 0 spiro atoms. The number of aliphatic hydroxyl groups is 1. The molecule has 56 heavy (non-hydrogen) atoms. The van der Waals surface area contributed by atoms with Crippen molar-refractivity contribution in [1.82, 2.24) is 19.6 Å². The first kappa shape index (κ1) is 40.1. The van der Waals surface area contributed by atoms with Crippen LogP contribution in [0.4, 0.5) is 18.9 Å². The number of carbonyl (C=O) groups is 1. The summed E-state index contributed by atoms with van der Waals surface area (Å²) < 4.78 is 49.0. The second-order valence-corrected chi connectivity index (χ2v) is 17.4. The second-order valence-electron chi connectivity index (χ2n) is 15.0. The van der Waals surface area contributed by atoms with Crippen LogP contribution in [0.3, 0.4) is 0 Å². The number of aromatic nitrogens is 2. The van der Waals surface area contributed by atoms with Crippen LogP contribution >= 0.6 is 35.3 Å². The van der Waals surface area contributed by atoms with Crippen LogP contribution in [-0.2, 0) is 0 Å². The second kappa shape index (κ2) is 16.8. The third-order valence-corrected chi connectivity index (χ3v) is 12.1. The van der Waals surface area contributed by atoms with E-state index in [0.717, 1.165) is 80.0 Å². The number of nitrogens with zero attached hydrogens (tertiary/aromatic N) is 3. The molecule has 2 aromatic heterocycles. The molecular formula is C42H43ClF3N5O3S2. The van der Waals surface area contributed by atoms with Gasteiger partial charge in [0.2, 0.25) is 0 Å². The van der Waals surface area contributed by atoms with E-state index in [1.54, 1.807) is 24.5 Å². The number of aromatic amines is 1. The van der Waals surface area contributed by atoms with E-state index in [0.29, 0.717) is 22.0 Å². The summed E-state index contributed by atoms with van der Waals surface area (Å²) in [4.78, 5) is 26.3. The molecule has 5 aromatic rings. The molecule has 3 N–H and O–H groups in total. The highest BCUT2D eigenvalue weighted by atomic mass is 35.5. The Morgan fingerprint density at radius 3 is 2.55 bits per heavy atom. The zero-order valence-corrected chi connectivity index (χ0v) is 33.6. The minimum Gasteiger partial charge on any atom is -0.455 e. The van der Waals surface area contributed by atoms with Gasteiger partial charge >= 0.3 is 5.51 Å². The predicted molar refractivity (Wildman–Crippen MR) is 220 cm³/mol. The average molecular weight is 822 g/mol. The number of thioether (sulfide) groups is 1. The van der Waals surface area contributed by atoms with E-state index in [9.17, 15) is 23.1 Å². The summed E-state index contributed by atoms with van der Waals surface area (Å²) in [5.41, 5.74) is 1.88. The molecule has 3 heterocycles. The molecule has 8 nitrogen and oxygen atoms in total. The first-order valence-electron chi connectivity index (χ1n) is 18.4. The maximum atomic E-state index is 13.7. The van der Waals surface area contributed by atoms with Crippen molar-refractivity contribution in [2.75, 3.05) is 37.6 Å². The van der Waals surface area contributed by atoms with Gasteiger partial charge in [0, 0.05) is 70.9 Å². The number of amides is 1. The number of allylic oxidation sites excluding steroid dienone is 1. The Morgan fingerprint density at radius 2 is 1.82 bits per heavy atom. The zero-order chi connectivity index (χ0) is 39.6. The quantitative estimate of drug-likeness (QED) is 0.0896. The van der Waals surface area contributed by atoms with E-state index in [2.05, 4.69) is 50.5 Å². The van der Waals surface area contributed by atoms with Gasteiger partial charge in [0.15, 0.2) is 0 Å². The van der Waals surface area contributed by atoms with E-state index in [4.69, 9.17) is 16.3 Å². The molecule has 1 amide bonds. The number of ether oxygens (including phenoxy) is 1. The lowest BCUT2D eigenvalue weighted by Crippen LogP contribution is -2.47. The van der Waals surface area contributed by atoms with Gasteiger partial charge in [0.1, 0.15) is 17.1 Å². The summed E-state index contributed by atoms with van der Waals surface area (Å²) in [6.45, 7) is 10.3. The fourth-order valence-corrected chi connectivity index (χ4v) is 8.90. The van der Waals surface area contributed by atoms with Gasteiger partial charge in [-0.15, -0.1) is 0 Å². The number of hydrogen-bond donors (Lipinski definition) is 3. The van der Waals surface area contributed by atoms with Crippen molar-refractivity contribution in [3.05, 3.63) is 112 Å². The Morgan fingerprint density at radius 1 is 1.05 bits per heavy atom. The fraction of sp³-hybridized carbons (Fsp3) is 0.333. The predicted octanol–water partition coefficient (Wildman–Crippen LogP) is 10.9. The van der Waals surface area contributed by atoms with Crippen LogP contribution in [0.1, 0.15) is 67.6 Å². The van der Waals surface area contributed by atoms with Crippen LogP contribution in [0.25, 0.3) is 16.6 Å². The molecule has 294 valence electrons. The highest BCUT2D eigenvalue weighted by molar-refractivity contribution is 8.00. The standard InChI is InChI=1S/C42H43ClF3N5O3S2/c1-26(52)34-11-9-33(22-38(34)55-42(44,45)46)56-49-40(53)35-10-8-31(21-37(35)54-32-20-28-13-15-47-39(28)48-24-32)51-18-16-50(17-19-51)25-29-12-14-41(2,3)23-36(29)27-4-6-30(43)7-5-27/h4-11,13,15,20-22,24,26,52H,12,14,16-19,23,25H2,1-3H3,(H,47,48)(H,49,53). The van der Waals surface area contributed by atoms with Gasteiger partial charge in [-0.2, -0.15) is 13.2 Å². The number of pyridine rings is 1. The number of anilines is 1. The van der Waals surface area contributed by atoms with Crippen LogP contribution in [0.2, 0.25) is 5.02 Å². The molecule has 1 aliphatic heterocycles. The van der Waals surface area contributed by atoms with Gasteiger partial charge in [-0.3, -0.25) is 14.4 Å². The molecule has 1 fully saturated rings. The summed E-state index contributed by atoms with van der Waals surface area (Å²) in [6, 6.07) is 21.7. The number of fused-ring (bicyclic) bond motifs is 1. The lowest BCUT2D eigenvalue weighted by atomic mass is 9.72. The molecule has 0 saturated carbocycles. The highest BCUT2D eigenvalue weighted by Crippen LogP contribution is 2.44. The van der Waals surface area contributed by atoms with Crippen molar-refractivity contribution in [2.24, 2.45) is 5.41 Å². The number of benzene rings is 3. The third kappa shape index (κ3) is 9.86. The number of H-pyrrole nitrogens is 1. The monoisotopic (exact) mass is 821 g/mol. The smallest absolute Gasteiger partial charge is 0.446 e. The van der Waals surface area contributed by atoms with E-state index in [-0.39, 0.29) is 33.2 Å². The number of alkyl halides is 3. The van der Waals surface area contributed by atoms with Crippen molar-refractivity contribution < 1.29 is 27.8 Å². The van der Waals surface area contributed by atoms with E-state index >= 15 is 0 Å². The van der Waals surface area contributed by atoms with Crippen LogP contribution in [0, 0.1) is 5.41 Å². The Balaban J connectivity index is 1.08. The first-order valence-corrected chi connectivity index (χ1v) is 20.4. The molecule has 1 atom stereocenters. The molecule has 1 saturated heterocycles. The largest absolute Gasteiger partial charge is 0.455 e. The molecule has 14 heteroatoms. The van der Waals surface area contributed by atoms with E-state index < -0.39 is 17.5 Å². The number of nitrogens with one attached hydrogen (secondary N) is 2. The van der Waals surface area contributed by atoms with Crippen molar-refractivity contribution in [3.8, 4) is 11.5 Å². The number of hydrogen-bond acceptors (Lipinski definition) is 8. The van der Waals surface area contributed by atoms with Crippen LogP contribution in [0.15, 0.2) is 101 Å². The topological polar surface area (TPSA) is 93.7 Å². The zero-order valence-electron chi connectivity index (χ0n) is 31.3. The van der Waals surface area contributed by atoms with Crippen molar-refractivity contribution in [3.63, 3.8) is 0 Å². The Labute approximate surface area is 338 Å². The van der Waals surface area contributed by atoms with Gasteiger partial charge in [0.05, 0.1) is 17.9 Å². The van der Waals surface area contributed by atoms with Crippen LogP contribution in [-0.4, -0.2) is 64.1 Å². The summed E-state index contributed by atoms with van der Waals surface area (Å²) in [5, 5.41) is 11.6. The normalized spacial score (nSPS) is 17.0. The van der Waals surface area contributed by atoms with Gasteiger partial charge in [-0.05, 0) is 121 Å². The van der Waals surface area contributed by atoms with Gasteiger partial charge in [0.25, 0.3) is 5.91 Å². The first-order chi connectivity index (χ1) is 26.7. The number of rotatable bonds is 11. The lowest BCUT2D eigenvalue weighted by molar-refractivity contribution is -0.0329. The van der Waals surface area contributed by atoms with Crippen LogP contribution < -0.4 is 14.4 Å². The van der Waals surface area contributed by atoms with Crippen molar-refractivity contribution in [1.29, 1.82) is 0 Å². The molecule has 7 rings (SSSR count). The summed E-state index contributed by atoms with van der Waals surface area (Å²) >= 11 is 6.82. The fourth-order valence-electron chi connectivity index (χ4n) is 7.28.